The van der Waals surface area contributed by atoms with Crippen molar-refractivity contribution in [3.05, 3.63) is 52.4 Å². The second-order valence-electron chi connectivity index (χ2n) is 6.97. The molecular formula is C18H21Cl2N7O. The van der Waals surface area contributed by atoms with Gasteiger partial charge < -0.3 is 9.32 Å². The summed E-state index contributed by atoms with van der Waals surface area (Å²) in [7, 11) is 0. The van der Waals surface area contributed by atoms with Crippen molar-refractivity contribution in [2.75, 3.05) is 31.1 Å². The number of tetrazole rings is 1. The number of rotatable bonds is 5. The lowest BCUT2D eigenvalue weighted by Gasteiger charge is -2.39. The van der Waals surface area contributed by atoms with E-state index in [1.165, 1.54) is 0 Å². The Morgan fingerprint density at radius 2 is 1.79 bits per heavy atom. The van der Waals surface area contributed by atoms with Gasteiger partial charge in [0.05, 0.1) is 28.0 Å². The van der Waals surface area contributed by atoms with Gasteiger partial charge in [-0.05, 0) is 36.4 Å². The van der Waals surface area contributed by atoms with E-state index < -0.39 is 0 Å². The summed E-state index contributed by atoms with van der Waals surface area (Å²) in [6.45, 7) is 7.22. The topological polar surface area (TPSA) is 76.1 Å². The molecule has 1 aliphatic rings. The van der Waals surface area contributed by atoms with E-state index in [2.05, 4.69) is 44.2 Å². The van der Waals surface area contributed by atoms with E-state index in [0.717, 1.165) is 43.5 Å². The molecule has 4 rings (SSSR count). The average molecular weight is 422 g/mol. The van der Waals surface area contributed by atoms with Crippen LogP contribution in [0.4, 0.5) is 5.69 Å². The van der Waals surface area contributed by atoms with Crippen molar-refractivity contribution in [3.8, 4) is 0 Å². The Bertz CT molecular complexity index is 900. The first-order valence-corrected chi connectivity index (χ1v) is 9.91. The summed E-state index contributed by atoms with van der Waals surface area (Å²) in [5.74, 6) is 1.60. The molecule has 0 aliphatic carbocycles. The van der Waals surface area contributed by atoms with E-state index in [4.69, 9.17) is 27.6 Å². The van der Waals surface area contributed by atoms with Gasteiger partial charge in [0.1, 0.15) is 11.8 Å². The summed E-state index contributed by atoms with van der Waals surface area (Å²) < 4.78 is 7.59. The smallest absolute Gasteiger partial charge is 0.176 e. The van der Waals surface area contributed by atoms with Crippen LogP contribution in [0.5, 0.6) is 0 Å². The highest BCUT2D eigenvalue weighted by Gasteiger charge is 2.33. The molecule has 0 saturated carbocycles. The third-order valence-electron chi connectivity index (χ3n) is 4.89. The third kappa shape index (κ3) is 3.59. The summed E-state index contributed by atoms with van der Waals surface area (Å²) >= 11 is 12.7. The lowest BCUT2D eigenvalue weighted by molar-refractivity contribution is 0.179. The summed E-state index contributed by atoms with van der Waals surface area (Å²) in [5.41, 5.74) is 0.833. The molecule has 3 aromatic heterocycles. The Kier molecular flexibility index (Phi) is 5.52. The predicted octanol–water partition coefficient (Wildman–Crippen LogP) is 3.46. The molecule has 1 atom stereocenters. The normalized spacial score (nSPS) is 16.7. The quantitative estimate of drug-likeness (QED) is 0.623. The summed E-state index contributed by atoms with van der Waals surface area (Å²) in [4.78, 5) is 8.55. The molecule has 0 N–H and O–H groups in total. The van der Waals surface area contributed by atoms with E-state index >= 15 is 0 Å². The van der Waals surface area contributed by atoms with E-state index in [1.54, 1.807) is 18.7 Å². The number of aromatic nitrogens is 5. The molecule has 0 spiro atoms. The summed E-state index contributed by atoms with van der Waals surface area (Å²) in [5, 5.41) is 13.5. The zero-order valence-corrected chi connectivity index (χ0v) is 17.2. The van der Waals surface area contributed by atoms with Gasteiger partial charge in [0.2, 0.25) is 0 Å². The van der Waals surface area contributed by atoms with Crippen LogP contribution in [-0.2, 0) is 0 Å². The van der Waals surface area contributed by atoms with Crippen LogP contribution in [0.25, 0.3) is 0 Å². The molecule has 8 nitrogen and oxygen atoms in total. The maximum atomic E-state index is 6.33. The van der Waals surface area contributed by atoms with Crippen molar-refractivity contribution >= 4 is 28.9 Å². The number of pyridine rings is 1. The molecule has 0 aromatic carbocycles. The Morgan fingerprint density at radius 1 is 1.07 bits per heavy atom. The first kappa shape index (κ1) is 19.2. The molecule has 148 valence electrons. The molecule has 0 amide bonds. The molecule has 28 heavy (non-hydrogen) atoms. The van der Waals surface area contributed by atoms with Crippen LogP contribution >= 0.6 is 23.2 Å². The molecule has 1 saturated heterocycles. The second kappa shape index (κ2) is 8.06. The first-order valence-electron chi connectivity index (χ1n) is 9.15. The lowest BCUT2D eigenvalue weighted by atomic mass is 10.1. The number of hydrogen-bond acceptors (Lipinski definition) is 7. The number of furan rings is 1. The number of piperazine rings is 1. The van der Waals surface area contributed by atoms with Crippen LogP contribution in [0.1, 0.15) is 37.5 Å². The first-order chi connectivity index (χ1) is 13.6. The molecule has 0 bridgehead atoms. The maximum Gasteiger partial charge on any atom is 0.176 e. The highest BCUT2D eigenvalue weighted by molar-refractivity contribution is 6.38. The number of hydrogen-bond donors (Lipinski definition) is 0. The van der Waals surface area contributed by atoms with Crippen molar-refractivity contribution in [2.24, 2.45) is 0 Å². The monoisotopic (exact) mass is 421 g/mol. The summed E-state index contributed by atoms with van der Waals surface area (Å²) in [6, 6.07) is 3.85. The van der Waals surface area contributed by atoms with Crippen LogP contribution in [0, 0.1) is 0 Å². The Balaban J connectivity index is 1.59. The Labute approximate surface area is 173 Å². The van der Waals surface area contributed by atoms with Crippen molar-refractivity contribution < 1.29 is 4.42 Å². The molecular weight excluding hydrogens is 401 g/mol. The largest absolute Gasteiger partial charge is 0.467 e. The van der Waals surface area contributed by atoms with Gasteiger partial charge in [-0.2, -0.15) is 0 Å². The van der Waals surface area contributed by atoms with Crippen LogP contribution in [-0.4, -0.2) is 56.3 Å². The van der Waals surface area contributed by atoms with Gasteiger partial charge in [-0.3, -0.25) is 9.88 Å². The molecule has 1 unspecified atom stereocenters. The minimum Gasteiger partial charge on any atom is -0.467 e. The van der Waals surface area contributed by atoms with E-state index in [1.807, 2.05) is 16.8 Å². The SMILES string of the molecule is CC(C)n1nnnc1C(c1ccco1)N1CCN(c2c(Cl)cncc2Cl)CC1. The molecule has 0 radical (unpaired) electrons. The molecule has 1 aliphatic heterocycles. The van der Waals surface area contributed by atoms with E-state index in [0.29, 0.717) is 10.0 Å². The van der Waals surface area contributed by atoms with Gasteiger partial charge in [-0.25, -0.2) is 4.68 Å². The minimum atomic E-state index is -0.155. The highest BCUT2D eigenvalue weighted by Crippen LogP contribution is 2.35. The van der Waals surface area contributed by atoms with Crippen LogP contribution in [0.15, 0.2) is 35.2 Å². The average Bonchev–Trinajstić information content (AvgIpc) is 3.36. The zero-order valence-electron chi connectivity index (χ0n) is 15.7. The van der Waals surface area contributed by atoms with Crippen molar-refractivity contribution in [1.29, 1.82) is 0 Å². The van der Waals surface area contributed by atoms with Crippen LogP contribution in [0.3, 0.4) is 0 Å². The van der Waals surface area contributed by atoms with Crippen molar-refractivity contribution in [3.63, 3.8) is 0 Å². The van der Waals surface area contributed by atoms with E-state index in [-0.39, 0.29) is 12.1 Å². The van der Waals surface area contributed by atoms with Gasteiger partial charge in [-0.1, -0.05) is 23.2 Å². The van der Waals surface area contributed by atoms with Gasteiger partial charge in [0, 0.05) is 38.6 Å². The second-order valence-corrected chi connectivity index (χ2v) is 7.78. The highest BCUT2D eigenvalue weighted by atomic mass is 35.5. The lowest BCUT2D eigenvalue weighted by Crippen LogP contribution is -2.48. The van der Waals surface area contributed by atoms with Gasteiger partial charge >= 0.3 is 0 Å². The number of halogens is 2. The van der Waals surface area contributed by atoms with Gasteiger partial charge in [0.25, 0.3) is 0 Å². The summed E-state index contributed by atoms with van der Waals surface area (Å²) in [6.07, 6.45) is 4.92. The van der Waals surface area contributed by atoms with E-state index in [9.17, 15) is 0 Å². The number of anilines is 1. The Hall–Kier alpha value is -2.16. The van der Waals surface area contributed by atoms with Crippen molar-refractivity contribution in [1.82, 2.24) is 30.1 Å². The van der Waals surface area contributed by atoms with Crippen LogP contribution in [0.2, 0.25) is 10.0 Å². The molecule has 10 heteroatoms. The molecule has 1 fully saturated rings. The van der Waals surface area contributed by atoms with Crippen molar-refractivity contribution in [2.45, 2.75) is 25.9 Å². The van der Waals surface area contributed by atoms with Gasteiger partial charge in [0.15, 0.2) is 5.82 Å². The predicted molar refractivity (Wildman–Crippen MR) is 107 cm³/mol. The zero-order chi connectivity index (χ0) is 19.7. The van der Waals surface area contributed by atoms with Crippen LogP contribution < -0.4 is 4.90 Å². The van der Waals surface area contributed by atoms with Gasteiger partial charge in [-0.15, -0.1) is 5.10 Å². The fraction of sp³-hybridized carbons (Fsp3) is 0.444. The Morgan fingerprint density at radius 3 is 2.39 bits per heavy atom. The maximum absolute atomic E-state index is 6.33. The number of nitrogens with zero attached hydrogens (tertiary/aromatic N) is 7. The fourth-order valence-corrected chi connectivity index (χ4v) is 4.18. The third-order valence-corrected chi connectivity index (χ3v) is 5.44. The standard InChI is InChI=1S/C18H21Cl2N7O/c1-12(2)27-18(22-23-24-27)17(15-4-3-9-28-15)26-7-5-25(6-8-26)16-13(19)10-21-11-14(16)20/h3-4,9-12,17H,5-8H2,1-2H3. The molecule has 3 aromatic rings. The molecule has 4 heterocycles. The fourth-order valence-electron chi connectivity index (χ4n) is 3.58. The minimum absolute atomic E-state index is 0.151.